The predicted octanol–water partition coefficient (Wildman–Crippen LogP) is 1.72. The first-order valence-corrected chi connectivity index (χ1v) is 6.70. The Labute approximate surface area is 128 Å². The second-order valence-electron chi connectivity index (χ2n) is 4.10. The maximum Gasteiger partial charge on any atom is 0.326 e. The van der Waals surface area contributed by atoms with Gasteiger partial charge in [-0.15, -0.1) is 0 Å². The number of carboxylic acids is 1. The lowest BCUT2D eigenvalue weighted by Gasteiger charge is -2.14. The van der Waals surface area contributed by atoms with Gasteiger partial charge in [-0.05, 0) is 24.6 Å². The van der Waals surface area contributed by atoms with Gasteiger partial charge in [-0.1, -0.05) is 15.9 Å². The van der Waals surface area contributed by atoms with E-state index in [4.69, 9.17) is 5.11 Å². The van der Waals surface area contributed by atoms with Gasteiger partial charge >= 0.3 is 11.9 Å². The molecule has 0 fully saturated rings. The number of hydrogen-bond acceptors (Lipinski definition) is 4. The topological polar surface area (TPSA) is 92.7 Å². The van der Waals surface area contributed by atoms with Gasteiger partial charge in [0.15, 0.2) is 0 Å². The van der Waals surface area contributed by atoms with Crippen molar-refractivity contribution >= 4 is 33.8 Å². The zero-order valence-electron chi connectivity index (χ0n) is 11.1. The number of carbonyl (C=O) groups is 3. The van der Waals surface area contributed by atoms with Crippen LogP contribution < -0.4 is 5.32 Å². The summed E-state index contributed by atoms with van der Waals surface area (Å²) < 4.78 is 18.5. The summed E-state index contributed by atoms with van der Waals surface area (Å²) >= 11 is 3.05. The van der Waals surface area contributed by atoms with Gasteiger partial charge in [0.1, 0.15) is 11.9 Å². The van der Waals surface area contributed by atoms with Crippen molar-refractivity contribution in [3.05, 3.63) is 34.1 Å². The van der Waals surface area contributed by atoms with E-state index < -0.39 is 29.7 Å². The van der Waals surface area contributed by atoms with Crippen LogP contribution in [0.5, 0.6) is 0 Å². The maximum atomic E-state index is 13.6. The summed E-state index contributed by atoms with van der Waals surface area (Å²) in [7, 11) is 1.17. The number of nitrogens with one attached hydrogen (secondary N) is 1. The zero-order valence-corrected chi connectivity index (χ0v) is 12.6. The third-order valence-electron chi connectivity index (χ3n) is 2.64. The van der Waals surface area contributed by atoms with Gasteiger partial charge in [0, 0.05) is 10.9 Å². The Kier molecular flexibility index (Phi) is 6.29. The van der Waals surface area contributed by atoms with Crippen molar-refractivity contribution in [2.45, 2.75) is 18.9 Å². The molecule has 114 valence electrons. The molecule has 0 radical (unpaired) electrons. The largest absolute Gasteiger partial charge is 0.480 e. The number of ether oxygens (including phenoxy) is 1. The first kappa shape index (κ1) is 17.1. The Morgan fingerprint density at radius 2 is 2.10 bits per heavy atom. The highest BCUT2D eigenvalue weighted by molar-refractivity contribution is 9.10. The van der Waals surface area contributed by atoms with Crippen LogP contribution in [-0.4, -0.2) is 36.1 Å². The van der Waals surface area contributed by atoms with E-state index in [9.17, 15) is 18.8 Å². The minimum absolute atomic E-state index is 0.147. The number of rotatable bonds is 6. The molecule has 0 aromatic heterocycles. The molecule has 1 aromatic carbocycles. The molecular formula is C13H13BrFNO5. The Balaban J connectivity index is 2.76. The molecular weight excluding hydrogens is 349 g/mol. The molecule has 0 heterocycles. The van der Waals surface area contributed by atoms with Gasteiger partial charge in [-0.3, -0.25) is 9.59 Å². The van der Waals surface area contributed by atoms with Gasteiger partial charge in [-0.25, -0.2) is 9.18 Å². The molecule has 0 bridgehead atoms. The molecule has 1 unspecified atom stereocenters. The number of amides is 1. The number of carbonyl (C=O) groups excluding carboxylic acids is 2. The molecule has 1 amide bonds. The van der Waals surface area contributed by atoms with Crippen LogP contribution in [-0.2, 0) is 14.3 Å². The molecule has 0 saturated heterocycles. The summed E-state index contributed by atoms with van der Waals surface area (Å²) in [5.41, 5.74) is -0.275. The van der Waals surface area contributed by atoms with Crippen molar-refractivity contribution in [1.82, 2.24) is 5.32 Å². The number of methoxy groups -OCH3 is 1. The molecule has 21 heavy (non-hydrogen) atoms. The maximum absolute atomic E-state index is 13.6. The lowest BCUT2D eigenvalue weighted by Crippen LogP contribution is -2.41. The van der Waals surface area contributed by atoms with Gasteiger partial charge < -0.3 is 15.2 Å². The lowest BCUT2D eigenvalue weighted by atomic mass is 10.1. The van der Waals surface area contributed by atoms with Crippen LogP contribution in [0.4, 0.5) is 4.39 Å². The molecule has 1 rings (SSSR count). The van der Waals surface area contributed by atoms with E-state index >= 15 is 0 Å². The highest BCUT2D eigenvalue weighted by Crippen LogP contribution is 2.15. The molecule has 0 spiro atoms. The number of esters is 1. The monoisotopic (exact) mass is 361 g/mol. The predicted molar refractivity (Wildman–Crippen MR) is 74.2 cm³/mol. The minimum Gasteiger partial charge on any atom is -0.480 e. The van der Waals surface area contributed by atoms with Crippen LogP contribution in [0, 0.1) is 5.82 Å². The fourth-order valence-corrected chi connectivity index (χ4v) is 1.86. The SMILES string of the molecule is COC(=O)CCC(NC(=O)c1ccc(Br)cc1F)C(=O)O. The van der Waals surface area contributed by atoms with Crippen LogP contribution >= 0.6 is 15.9 Å². The van der Waals surface area contributed by atoms with E-state index in [1.807, 2.05) is 0 Å². The van der Waals surface area contributed by atoms with Crippen LogP contribution in [0.15, 0.2) is 22.7 Å². The second kappa shape index (κ2) is 7.72. The smallest absolute Gasteiger partial charge is 0.326 e. The van der Waals surface area contributed by atoms with Crippen LogP contribution in [0.3, 0.4) is 0 Å². The summed E-state index contributed by atoms with van der Waals surface area (Å²) in [5, 5.41) is 11.2. The normalized spacial score (nSPS) is 11.6. The number of benzene rings is 1. The molecule has 1 aromatic rings. The third kappa shape index (κ3) is 5.14. The average molecular weight is 362 g/mol. The average Bonchev–Trinajstić information content (AvgIpc) is 2.42. The summed E-state index contributed by atoms with van der Waals surface area (Å²) in [6.07, 6.45) is -0.317. The van der Waals surface area contributed by atoms with Gasteiger partial charge in [0.2, 0.25) is 0 Å². The quantitative estimate of drug-likeness (QED) is 0.752. The number of carboxylic acid groups (broad SMARTS) is 1. The molecule has 8 heteroatoms. The molecule has 0 saturated carbocycles. The van der Waals surface area contributed by atoms with E-state index in [-0.39, 0.29) is 18.4 Å². The number of hydrogen-bond donors (Lipinski definition) is 2. The molecule has 6 nitrogen and oxygen atoms in total. The first-order valence-electron chi connectivity index (χ1n) is 5.90. The van der Waals surface area contributed by atoms with Crippen molar-refractivity contribution in [3.63, 3.8) is 0 Å². The fraction of sp³-hybridized carbons (Fsp3) is 0.308. The van der Waals surface area contributed by atoms with Crippen molar-refractivity contribution in [2.24, 2.45) is 0 Å². The van der Waals surface area contributed by atoms with Gasteiger partial charge in [0.05, 0.1) is 12.7 Å². The van der Waals surface area contributed by atoms with Crippen LogP contribution in [0.2, 0.25) is 0 Å². The Hall–Kier alpha value is -1.96. The Bertz CT molecular complexity index is 563. The number of halogens is 2. The zero-order chi connectivity index (χ0) is 16.0. The highest BCUT2D eigenvalue weighted by atomic mass is 79.9. The van der Waals surface area contributed by atoms with E-state index in [1.54, 1.807) is 0 Å². The summed E-state index contributed by atoms with van der Waals surface area (Å²) in [5.74, 6) is -3.55. The van der Waals surface area contributed by atoms with E-state index in [1.165, 1.54) is 19.2 Å². The third-order valence-corrected chi connectivity index (χ3v) is 3.14. The summed E-state index contributed by atoms with van der Waals surface area (Å²) in [6, 6.07) is 2.48. The lowest BCUT2D eigenvalue weighted by molar-refractivity contribution is -0.142. The highest BCUT2D eigenvalue weighted by Gasteiger charge is 2.23. The molecule has 0 aliphatic heterocycles. The molecule has 2 N–H and O–H groups in total. The van der Waals surface area contributed by atoms with Crippen LogP contribution in [0.25, 0.3) is 0 Å². The first-order chi connectivity index (χ1) is 9.85. The van der Waals surface area contributed by atoms with Crippen molar-refractivity contribution in [2.75, 3.05) is 7.11 Å². The summed E-state index contributed by atoms with van der Waals surface area (Å²) in [6.45, 7) is 0. The number of aliphatic carboxylic acids is 1. The van der Waals surface area contributed by atoms with E-state index in [2.05, 4.69) is 26.0 Å². The molecule has 1 atom stereocenters. The minimum atomic E-state index is -1.32. The van der Waals surface area contributed by atoms with Crippen molar-refractivity contribution in [1.29, 1.82) is 0 Å². The van der Waals surface area contributed by atoms with Gasteiger partial charge in [0.25, 0.3) is 5.91 Å². The van der Waals surface area contributed by atoms with Crippen molar-refractivity contribution in [3.8, 4) is 0 Å². The van der Waals surface area contributed by atoms with E-state index in [0.717, 1.165) is 6.07 Å². The van der Waals surface area contributed by atoms with E-state index in [0.29, 0.717) is 4.47 Å². The molecule has 0 aliphatic rings. The van der Waals surface area contributed by atoms with Crippen molar-refractivity contribution < 1.29 is 28.6 Å². The Morgan fingerprint density at radius 1 is 1.43 bits per heavy atom. The Morgan fingerprint density at radius 3 is 2.62 bits per heavy atom. The van der Waals surface area contributed by atoms with Crippen LogP contribution in [0.1, 0.15) is 23.2 Å². The van der Waals surface area contributed by atoms with Gasteiger partial charge in [-0.2, -0.15) is 0 Å². The molecule has 0 aliphatic carbocycles. The standard InChI is InChI=1S/C13H13BrFNO5/c1-21-11(17)5-4-10(13(19)20)16-12(18)8-3-2-7(14)6-9(8)15/h2-3,6,10H,4-5H2,1H3,(H,16,18)(H,19,20). The fourth-order valence-electron chi connectivity index (χ4n) is 1.53. The second-order valence-corrected chi connectivity index (χ2v) is 5.02. The summed E-state index contributed by atoms with van der Waals surface area (Å²) in [4.78, 5) is 33.9.